The number of nitrogens with one attached hydrogen (secondary N) is 1. The fourth-order valence-corrected chi connectivity index (χ4v) is 3.46. The molecular formula is C22H20ClN3OS. The molecule has 0 saturated heterocycles. The van der Waals surface area contributed by atoms with Gasteiger partial charge in [0.1, 0.15) is 0 Å². The number of benzene rings is 3. The third-order valence-electron chi connectivity index (χ3n) is 4.06. The maximum Gasteiger partial charge on any atom is 0.271 e. The third kappa shape index (κ3) is 5.62. The number of nitrogens with two attached hydrogens (primary N) is 1. The summed E-state index contributed by atoms with van der Waals surface area (Å²) >= 11 is 7.62. The molecule has 0 saturated carbocycles. The van der Waals surface area contributed by atoms with E-state index in [-0.39, 0.29) is 5.91 Å². The molecule has 0 aromatic heterocycles. The van der Waals surface area contributed by atoms with E-state index in [4.69, 9.17) is 17.3 Å². The predicted octanol–water partition coefficient (Wildman–Crippen LogP) is 5.37. The summed E-state index contributed by atoms with van der Waals surface area (Å²) in [6, 6.07) is 22.6. The van der Waals surface area contributed by atoms with Gasteiger partial charge in [0.15, 0.2) is 0 Å². The monoisotopic (exact) mass is 409 g/mol. The van der Waals surface area contributed by atoms with Crippen molar-refractivity contribution >= 4 is 40.7 Å². The van der Waals surface area contributed by atoms with Crippen molar-refractivity contribution in [3.63, 3.8) is 0 Å². The molecule has 0 spiro atoms. The van der Waals surface area contributed by atoms with Crippen LogP contribution in [0.25, 0.3) is 0 Å². The SMILES string of the molecule is C/C(=N\NC(=O)c1ccc(CSc2ccc(Cl)cc2)cc1)c1cccc(N)c1. The van der Waals surface area contributed by atoms with Crippen LogP contribution < -0.4 is 11.2 Å². The second-order valence-electron chi connectivity index (χ2n) is 6.20. The van der Waals surface area contributed by atoms with Gasteiger partial charge in [-0.25, -0.2) is 5.43 Å². The molecule has 0 fully saturated rings. The number of hydrogen-bond donors (Lipinski definition) is 2. The first kappa shape index (κ1) is 20.0. The lowest BCUT2D eigenvalue weighted by molar-refractivity contribution is 0.0955. The molecule has 28 heavy (non-hydrogen) atoms. The van der Waals surface area contributed by atoms with Gasteiger partial charge in [-0.2, -0.15) is 5.10 Å². The molecule has 3 N–H and O–H groups in total. The molecule has 4 nitrogen and oxygen atoms in total. The lowest BCUT2D eigenvalue weighted by Gasteiger charge is -2.06. The van der Waals surface area contributed by atoms with Gasteiger partial charge < -0.3 is 5.73 Å². The van der Waals surface area contributed by atoms with Crippen LogP contribution in [0.3, 0.4) is 0 Å². The smallest absolute Gasteiger partial charge is 0.271 e. The number of carbonyl (C=O) groups is 1. The average molecular weight is 410 g/mol. The van der Waals surface area contributed by atoms with Gasteiger partial charge in [-0.15, -0.1) is 11.8 Å². The number of amides is 1. The minimum absolute atomic E-state index is 0.250. The first-order chi connectivity index (χ1) is 13.5. The lowest BCUT2D eigenvalue weighted by Crippen LogP contribution is -2.19. The highest BCUT2D eigenvalue weighted by atomic mass is 35.5. The zero-order valence-corrected chi connectivity index (χ0v) is 16.9. The van der Waals surface area contributed by atoms with Gasteiger partial charge in [0.2, 0.25) is 0 Å². The molecule has 6 heteroatoms. The standard InChI is InChI=1S/C22H20ClN3OS/c1-15(18-3-2-4-20(24)13-18)25-26-22(27)17-7-5-16(6-8-17)14-28-21-11-9-19(23)10-12-21/h2-13H,14,24H2,1H3,(H,26,27)/b25-15+. The molecule has 142 valence electrons. The first-order valence-electron chi connectivity index (χ1n) is 8.69. The van der Waals surface area contributed by atoms with Gasteiger partial charge in [0, 0.05) is 26.9 Å². The summed E-state index contributed by atoms with van der Waals surface area (Å²) in [4.78, 5) is 13.5. The van der Waals surface area contributed by atoms with E-state index < -0.39 is 0 Å². The molecule has 3 aromatic rings. The van der Waals surface area contributed by atoms with Crippen LogP contribution in [-0.2, 0) is 5.75 Å². The van der Waals surface area contributed by atoms with Crippen molar-refractivity contribution in [1.29, 1.82) is 0 Å². The summed E-state index contributed by atoms with van der Waals surface area (Å²) in [7, 11) is 0. The number of thioether (sulfide) groups is 1. The second-order valence-corrected chi connectivity index (χ2v) is 7.69. The molecule has 1 amide bonds. The van der Waals surface area contributed by atoms with E-state index >= 15 is 0 Å². The Morgan fingerprint density at radius 3 is 2.43 bits per heavy atom. The minimum Gasteiger partial charge on any atom is -0.399 e. The maximum absolute atomic E-state index is 12.3. The van der Waals surface area contributed by atoms with Crippen molar-refractivity contribution in [1.82, 2.24) is 5.43 Å². The van der Waals surface area contributed by atoms with Gasteiger partial charge >= 0.3 is 0 Å². The average Bonchev–Trinajstić information content (AvgIpc) is 2.71. The van der Waals surface area contributed by atoms with Crippen molar-refractivity contribution in [3.8, 4) is 0 Å². The van der Waals surface area contributed by atoms with Crippen molar-refractivity contribution in [2.24, 2.45) is 5.10 Å². The lowest BCUT2D eigenvalue weighted by atomic mass is 10.1. The first-order valence-corrected chi connectivity index (χ1v) is 10.1. The Bertz CT molecular complexity index is 985. The molecule has 0 atom stereocenters. The molecule has 0 aliphatic rings. The Hall–Kier alpha value is -2.76. The van der Waals surface area contributed by atoms with E-state index in [9.17, 15) is 4.79 Å². The molecule has 0 bridgehead atoms. The zero-order chi connectivity index (χ0) is 19.9. The van der Waals surface area contributed by atoms with Gasteiger partial charge in [-0.3, -0.25) is 4.79 Å². The third-order valence-corrected chi connectivity index (χ3v) is 5.40. The molecule has 0 aliphatic carbocycles. The normalized spacial score (nSPS) is 11.3. The van der Waals surface area contributed by atoms with Crippen LogP contribution in [0.4, 0.5) is 5.69 Å². The number of hydrazone groups is 1. The molecule has 0 heterocycles. The number of rotatable bonds is 6. The van der Waals surface area contributed by atoms with Crippen molar-refractivity contribution in [2.45, 2.75) is 17.6 Å². The molecular weight excluding hydrogens is 390 g/mol. The summed E-state index contributed by atoms with van der Waals surface area (Å²) in [6.45, 7) is 1.83. The van der Waals surface area contributed by atoms with Gasteiger partial charge in [-0.05, 0) is 66.6 Å². The fourth-order valence-electron chi connectivity index (χ4n) is 2.48. The summed E-state index contributed by atoms with van der Waals surface area (Å²) in [5.74, 6) is 0.566. The van der Waals surface area contributed by atoms with Gasteiger partial charge in [-0.1, -0.05) is 35.9 Å². The van der Waals surface area contributed by atoms with E-state index in [1.54, 1.807) is 23.9 Å². The molecule has 0 radical (unpaired) electrons. The topological polar surface area (TPSA) is 67.5 Å². The molecule has 0 aliphatic heterocycles. The van der Waals surface area contributed by atoms with Crippen molar-refractivity contribution in [3.05, 3.63) is 94.5 Å². The Morgan fingerprint density at radius 1 is 1.04 bits per heavy atom. The highest BCUT2D eigenvalue weighted by Crippen LogP contribution is 2.24. The minimum atomic E-state index is -0.250. The Labute approximate surface area is 173 Å². The molecule has 0 unspecified atom stereocenters. The van der Waals surface area contributed by atoms with E-state index in [0.717, 1.165) is 26.8 Å². The Balaban J connectivity index is 1.57. The summed E-state index contributed by atoms with van der Waals surface area (Å²) < 4.78 is 0. The van der Waals surface area contributed by atoms with Crippen LogP contribution in [0.1, 0.15) is 28.4 Å². The fraction of sp³-hybridized carbons (Fsp3) is 0.0909. The summed E-state index contributed by atoms with van der Waals surface area (Å²) in [6.07, 6.45) is 0. The number of hydrogen-bond acceptors (Lipinski definition) is 4. The van der Waals surface area contributed by atoms with E-state index in [1.165, 1.54) is 0 Å². The van der Waals surface area contributed by atoms with Gasteiger partial charge in [0.25, 0.3) is 5.91 Å². The summed E-state index contributed by atoms with van der Waals surface area (Å²) in [5, 5.41) is 4.89. The number of nitrogens with zero attached hydrogens (tertiary/aromatic N) is 1. The highest BCUT2D eigenvalue weighted by molar-refractivity contribution is 7.98. The number of anilines is 1. The van der Waals surface area contributed by atoms with Crippen molar-refractivity contribution in [2.75, 3.05) is 5.73 Å². The number of nitrogen functional groups attached to an aromatic ring is 1. The van der Waals surface area contributed by atoms with Crippen LogP contribution >= 0.6 is 23.4 Å². The van der Waals surface area contributed by atoms with Crippen LogP contribution in [0.15, 0.2) is 82.8 Å². The quantitative estimate of drug-likeness (QED) is 0.249. The molecule has 3 rings (SSSR count). The van der Waals surface area contributed by atoms with E-state index in [1.807, 2.05) is 67.6 Å². The second kappa shape index (κ2) is 9.44. The highest BCUT2D eigenvalue weighted by Gasteiger charge is 2.06. The van der Waals surface area contributed by atoms with Crippen molar-refractivity contribution < 1.29 is 4.79 Å². The van der Waals surface area contributed by atoms with E-state index in [2.05, 4.69) is 10.5 Å². The van der Waals surface area contributed by atoms with Crippen LogP contribution in [0, 0.1) is 0 Å². The largest absolute Gasteiger partial charge is 0.399 e. The summed E-state index contributed by atoms with van der Waals surface area (Å²) in [5.41, 5.74) is 12.3. The number of halogens is 1. The Morgan fingerprint density at radius 2 is 1.75 bits per heavy atom. The van der Waals surface area contributed by atoms with Crippen LogP contribution in [0.5, 0.6) is 0 Å². The maximum atomic E-state index is 12.3. The zero-order valence-electron chi connectivity index (χ0n) is 15.4. The van der Waals surface area contributed by atoms with Crippen LogP contribution in [-0.4, -0.2) is 11.6 Å². The van der Waals surface area contributed by atoms with Gasteiger partial charge in [0.05, 0.1) is 5.71 Å². The Kier molecular flexibility index (Phi) is 6.74. The molecule has 3 aromatic carbocycles. The predicted molar refractivity (Wildman–Crippen MR) is 118 cm³/mol. The van der Waals surface area contributed by atoms with Crippen LogP contribution in [0.2, 0.25) is 5.02 Å². The van der Waals surface area contributed by atoms with E-state index in [0.29, 0.717) is 17.0 Å². The number of carbonyl (C=O) groups excluding carboxylic acids is 1.